The normalized spacial score (nSPS) is 15.8. The van der Waals surface area contributed by atoms with Gasteiger partial charge in [-0.15, -0.1) is 0 Å². The molecular weight excluding hydrogens is 537 g/mol. The Morgan fingerprint density at radius 2 is 1.98 bits per heavy atom. The fraction of sp³-hybridized carbons (Fsp3) is 0.267. The second kappa shape index (κ2) is 9.75. The SMILES string of the molecule is C=CC(=O)N1CCN(c2ccc3ncnc(Nc4cc(C)c(Oc5cnc6c(c5)ncn6C)cc4F)c3n2)CC12CC2. The average molecular weight is 566 g/mol. The van der Waals surface area contributed by atoms with Crippen LogP contribution in [-0.2, 0) is 11.8 Å². The number of carbonyl (C=O) groups excluding carboxylic acids is 1. The second-order valence-corrected chi connectivity index (χ2v) is 10.8. The summed E-state index contributed by atoms with van der Waals surface area (Å²) in [5.74, 6) is 1.44. The van der Waals surface area contributed by atoms with E-state index in [0.29, 0.717) is 59.1 Å². The number of amides is 1. The van der Waals surface area contributed by atoms with Crippen LogP contribution in [0.3, 0.4) is 0 Å². The first-order valence-electron chi connectivity index (χ1n) is 13.7. The number of nitrogens with zero attached hydrogens (tertiary/aromatic N) is 8. The molecular formula is C30H28FN9O2. The molecule has 1 aromatic carbocycles. The van der Waals surface area contributed by atoms with E-state index in [4.69, 9.17) is 9.72 Å². The first-order valence-corrected chi connectivity index (χ1v) is 13.7. The zero-order valence-electron chi connectivity index (χ0n) is 23.2. The van der Waals surface area contributed by atoms with Crippen molar-refractivity contribution < 1.29 is 13.9 Å². The molecule has 12 heteroatoms. The quantitative estimate of drug-likeness (QED) is 0.294. The Morgan fingerprint density at radius 1 is 1.12 bits per heavy atom. The van der Waals surface area contributed by atoms with Crippen LogP contribution in [0.2, 0.25) is 0 Å². The molecule has 0 radical (unpaired) electrons. The molecule has 2 fully saturated rings. The van der Waals surface area contributed by atoms with E-state index < -0.39 is 5.82 Å². The van der Waals surface area contributed by atoms with Crippen molar-refractivity contribution in [1.29, 1.82) is 0 Å². The molecule has 2 aliphatic rings. The van der Waals surface area contributed by atoms with Gasteiger partial charge in [0.25, 0.3) is 0 Å². The van der Waals surface area contributed by atoms with Crippen LogP contribution in [0, 0.1) is 12.7 Å². The molecule has 1 N–H and O–H groups in total. The third-order valence-corrected chi connectivity index (χ3v) is 7.98. The van der Waals surface area contributed by atoms with Gasteiger partial charge in [0, 0.05) is 38.8 Å². The lowest BCUT2D eigenvalue weighted by molar-refractivity contribution is -0.129. The fourth-order valence-corrected chi connectivity index (χ4v) is 5.57. The number of anilines is 3. The van der Waals surface area contributed by atoms with E-state index in [1.54, 1.807) is 24.7 Å². The molecule has 5 heterocycles. The summed E-state index contributed by atoms with van der Waals surface area (Å²) in [7, 11) is 1.86. The Bertz CT molecular complexity index is 1880. The maximum Gasteiger partial charge on any atom is 0.246 e. The first-order chi connectivity index (χ1) is 20.3. The van der Waals surface area contributed by atoms with E-state index >= 15 is 4.39 Å². The van der Waals surface area contributed by atoms with Crippen LogP contribution in [0.15, 0.2) is 61.8 Å². The van der Waals surface area contributed by atoms with Crippen molar-refractivity contribution in [3.05, 3.63) is 73.2 Å². The van der Waals surface area contributed by atoms with Crippen LogP contribution < -0.4 is 15.0 Å². The molecule has 11 nitrogen and oxygen atoms in total. The predicted molar refractivity (Wildman–Crippen MR) is 156 cm³/mol. The third-order valence-electron chi connectivity index (χ3n) is 7.98. The number of imidazole rings is 1. The number of aromatic nitrogens is 6. The van der Waals surface area contributed by atoms with Crippen LogP contribution in [0.5, 0.6) is 11.5 Å². The van der Waals surface area contributed by atoms with Gasteiger partial charge in [-0.25, -0.2) is 29.3 Å². The van der Waals surface area contributed by atoms with Gasteiger partial charge >= 0.3 is 0 Å². The van der Waals surface area contributed by atoms with Crippen molar-refractivity contribution in [3.63, 3.8) is 0 Å². The number of benzene rings is 1. The Hall–Kier alpha value is -5.13. The largest absolute Gasteiger partial charge is 0.455 e. The molecule has 1 amide bonds. The Kier molecular flexibility index (Phi) is 5.99. The molecule has 212 valence electrons. The van der Waals surface area contributed by atoms with Crippen LogP contribution >= 0.6 is 0 Å². The number of piperazine rings is 1. The highest BCUT2D eigenvalue weighted by molar-refractivity contribution is 5.89. The Labute approximate surface area is 240 Å². The van der Waals surface area contributed by atoms with Gasteiger partial charge in [0.2, 0.25) is 5.91 Å². The number of halogens is 1. The molecule has 0 bridgehead atoms. The maximum atomic E-state index is 15.4. The Morgan fingerprint density at radius 3 is 2.79 bits per heavy atom. The van der Waals surface area contributed by atoms with Gasteiger partial charge < -0.3 is 24.4 Å². The van der Waals surface area contributed by atoms with E-state index in [9.17, 15) is 4.79 Å². The zero-order valence-corrected chi connectivity index (χ0v) is 23.2. The number of hydrogen-bond acceptors (Lipinski definition) is 9. The maximum absolute atomic E-state index is 15.4. The monoisotopic (exact) mass is 565 g/mol. The molecule has 0 atom stereocenters. The minimum atomic E-state index is -0.510. The minimum absolute atomic E-state index is 0.0295. The molecule has 4 aromatic heterocycles. The summed E-state index contributed by atoms with van der Waals surface area (Å²) in [4.78, 5) is 38.8. The van der Waals surface area contributed by atoms with E-state index in [1.807, 2.05) is 35.6 Å². The average Bonchev–Trinajstić information content (AvgIpc) is 3.66. The third kappa shape index (κ3) is 4.44. The lowest BCUT2D eigenvalue weighted by atomic mass is 10.1. The minimum Gasteiger partial charge on any atom is -0.455 e. The number of pyridine rings is 2. The van der Waals surface area contributed by atoms with Crippen LogP contribution in [-0.4, -0.2) is 65.5 Å². The lowest BCUT2D eigenvalue weighted by Gasteiger charge is -2.42. The molecule has 1 aliphatic carbocycles. The van der Waals surface area contributed by atoms with Crippen molar-refractivity contribution >= 4 is 45.4 Å². The number of carbonyl (C=O) groups is 1. The summed E-state index contributed by atoms with van der Waals surface area (Å²) in [6.45, 7) is 7.44. The summed E-state index contributed by atoms with van der Waals surface area (Å²) in [6, 6.07) is 8.58. The summed E-state index contributed by atoms with van der Waals surface area (Å²) in [5, 5.41) is 3.11. The van der Waals surface area contributed by atoms with Gasteiger partial charge in [0.05, 0.1) is 29.3 Å². The zero-order chi connectivity index (χ0) is 29.0. The van der Waals surface area contributed by atoms with Crippen molar-refractivity contribution in [2.75, 3.05) is 29.9 Å². The summed E-state index contributed by atoms with van der Waals surface area (Å²) < 4.78 is 23.2. The lowest BCUT2D eigenvalue weighted by Crippen LogP contribution is -2.57. The van der Waals surface area contributed by atoms with Crippen molar-refractivity contribution in [3.8, 4) is 11.5 Å². The number of nitrogens with one attached hydrogen (secondary N) is 1. The number of hydrogen-bond donors (Lipinski definition) is 1. The highest BCUT2D eigenvalue weighted by Gasteiger charge is 2.52. The van der Waals surface area contributed by atoms with Crippen molar-refractivity contribution in [2.24, 2.45) is 7.05 Å². The van der Waals surface area contributed by atoms with Crippen molar-refractivity contribution in [2.45, 2.75) is 25.3 Å². The fourth-order valence-electron chi connectivity index (χ4n) is 5.57. The van der Waals surface area contributed by atoms with Gasteiger partial charge in [0.15, 0.2) is 11.5 Å². The highest BCUT2D eigenvalue weighted by Crippen LogP contribution is 2.45. The standard InChI is InChI=1S/C30H28FN9O2/c1-4-26(41)40-10-9-39(15-30(40)7-8-30)25-6-5-21-27(37-25)28(34-16-33-21)36-22-11-18(2)24(13-20(22)31)42-19-12-23-29(32-14-19)38(3)17-35-23/h4-6,11-14,16-17H,1,7-10,15H2,2-3H3,(H,33,34,36). The van der Waals surface area contributed by atoms with Crippen molar-refractivity contribution in [1.82, 2.24) is 34.4 Å². The molecule has 1 saturated carbocycles. The molecule has 1 spiro atoms. The summed E-state index contributed by atoms with van der Waals surface area (Å²) in [5.41, 5.74) is 3.36. The molecule has 7 rings (SSSR count). The number of aryl methyl sites for hydroxylation is 2. The van der Waals surface area contributed by atoms with Crippen LogP contribution in [0.4, 0.5) is 21.7 Å². The number of ether oxygens (including phenoxy) is 1. The summed E-state index contributed by atoms with van der Waals surface area (Å²) >= 11 is 0. The van der Waals surface area contributed by atoms with E-state index in [2.05, 4.69) is 36.7 Å². The topological polar surface area (TPSA) is 114 Å². The number of rotatable bonds is 6. The number of fused-ring (bicyclic) bond motifs is 2. The van der Waals surface area contributed by atoms with Gasteiger partial charge in [-0.2, -0.15) is 0 Å². The predicted octanol–water partition coefficient (Wildman–Crippen LogP) is 4.66. The van der Waals surface area contributed by atoms with Gasteiger partial charge in [0.1, 0.15) is 40.5 Å². The van der Waals surface area contributed by atoms with E-state index in [0.717, 1.165) is 24.3 Å². The smallest absolute Gasteiger partial charge is 0.246 e. The van der Waals surface area contributed by atoms with Gasteiger partial charge in [-0.1, -0.05) is 6.58 Å². The molecule has 5 aromatic rings. The Balaban J connectivity index is 1.14. The van der Waals surface area contributed by atoms with E-state index in [1.165, 1.54) is 18.5 Å². The van der Waals surface area contributed by atoms with Crippen LogP contribution in [0.1, 0.15) is 18.4 Å². The second-order valence-electron chi connectivity index (χ2n) is 10.8. The molecule has 1 aliphatic heterocycles. The molecule has 42 heavy (non-hydrogen) atoms. The van der Waals surface area contributed by atoms with E-state index in [-0.39, 0.29) is 17.1 Å². The first kappa shape index (κ1) is 25.8. The molecule has 0 unspecified atom stereocenters. The summed E-state index contributed by atoms with van der Waals surface area (Å²) in [6.07, 6.45) is 7.99. The van der Waals surface area contributed by atoms with Gasteiger partial charge in [-0.05, 0) is 49.6 Å². The van der Waals surface area contributed by atoms with Gasteiger partial charge in [-0.3, -0.25) is 4.79 Å². The highest BCUT2D eigenvalue weighted by atomic mass is 19.1. The molecule has 1 saturated heterocycles. The van der Waals surface area contributed by atoms with Crippen LogP contribution in [0.25, 0.3) is 22.2 Å².